The fourth-order valence-corrected chi connectivity index (χ4v) is 3.47. The highest BCUT2D eigenvalue weighted by Gasteiger charge is 2.21. The zero-order chi connectivity index (χ0) is 23.3. The number of allylic oxidation sites excluding steroid dienone is 2. The summed E-state index contributed by atoms with van der Waals surface area (Å²) < 4.78 is 7.25. The first kappa shape index (κ1) is 22.8. The third-order valence-electron chi connectivity index (χ3n) is 5.09. The zero-order valence-corrected chi connectivity index (χ0v) is 18.7. The summed E-state index contributed by atoms with van der Waals surface area (Å²) in [6, 6.07) is 19.3. The lowest BCUT2D eigenvalue weighted by Crippen LogP contribution is -2.38. The van der Waals surface area contributed by atoms with Gasteiger partial charge < -0.3 is 25.3 Å². The molecule has 0 fully saturated rings. The van der Waals surface area contributed by atoms with Crippen molar-refractivity contribution in [3.05, 3.63) is 77.8 Å². The van der Waals surface area contributed by atoms with Gasteiger partial charge in [-0.15, -0.1) is 0 Å². The van der Waals surface area contributed by atoms with E-state index in [1.54, 1.807) is 13.8 Å². The molecule has 7 nitrogen and oxygen atoms in total. The monoisotopic (exact) mass is 432 g/mol. The summed E-state index contributed by atoms with van der Waals surface area (Å²) in [5.41, 5.74) is 3.86. The maximum atomic E-state index is 12.7. The number of para-hydroxylation sites is 2. The van der Waals surface area contributed by atoms with Crippen LogP contribution in [-0.2, 0) is 20.9 Å². The summed E-state index contributed by atoms with van der Waals surface area (Å²) in [7, 11) is 0. The molecule has 1 atom stereocenters. The third-order valence-corrected chi connectivity index (χ3v) is 5.09. The molecule has 0 radical (unpaired) electrons. The van der Waals surface area contributed by atoms with Gasteiger partial charge in [0.15, 0.2) is 6.10 Å². The molecule has 0 aliphatic rings. The van der Waals surface area contributed by atoms with Crippen molar-refractivity contribution in [3.63, 3.8) is 0 Å². The van der Waals surface area contributed by atoms with Crippen LogP contribution in [0.1, 0.15) is 26.5 Å². The number of aryl methyl sites for hydroxylation is 1. The Morgan fingerprint density at radius 3 is 2.41 bits per heavy atom. The van der Waals surface area contributed by atoms with E-state index in [0.29, 0.717) is 11.4 Å². The molecule has 1 amide bonds. The molecule has 0 aliphatic heterocycles. The van der Waals surface area contributed by atoms with Crippen LogP contribution < -0.4 is 10.6 Å². The van der Waals surface area contributed by atoms with Crippen LogP contribution in [0.2, 0.25) is 0 Å². The molecule has 166 valence electrons. The highest BCUT2D eigenvalue weighted by molar-refractivity contribution is 6.01. The number of ether oxygens (including phenoxy) is 1. The van der Waals surface area contributed by atoms with E-state index in [1.165, 1.54) is 6.92 Å². The smallest absolute Gasteiger partial charge is 0.326 e. The van der Waals surface area contributed by atoms with Crippen molar-refractivity contribution in [1.29, 1.82) is 5.41 Å². The van der Waals surface area contributed by atoms with Gasteiger partial charge in [0.25, 0.3) is 5.91 Å². The van der Waals surface area contributed by atoms with E-state index in [-0.39, 0.29) is 12.3 Å². The molecule has 0 saturated heterocycles. The van der Waals surface area contributed by atoms with E-state index in [4.69, 9.17) is 10.1 Å². The first-order chi connectivity index (χ1) is 15.3. The van der Waals surface area contributed by atoms with Gasteiger partial charge in [-0.25, -0.2) is 0 Å². The lowest BCUT2D eigenvalue weighted by molar-refractivity contribution is -0.155. The Kier molecular flexibility index (Phi) is 7.10. The summed E-state index contributed by atoms with van der Waals surface area (Å²) in [6.45, 7) is 6.82. The number of amides is 1. The summed E-state index contributed by atoms with van der Waals surface area (Å²) in [5.74, 6) is -1.00. The van der Waals surface area contributed by atoms with E-state index < -0.39 is 18.0 Å². The van der Waals surface area contributed by atoms with Crippen molar-refractivity contribution in [2.45, 2.75) is 40.3 Å². The minimum absolute atomic E-state index is 0.0118. The Balaban J connectivity index is 1.66. The highest BCUT2D eigenvalue weighted by atomic mass is 16.5. The van der Waals surface area contributed by atoms with E-state index in [9.17, 15) is 9.59 Å². The second-order valence-electron chi connectivity index (χ2n) is 7.67. The zero-order valence-electron chi connectivity index (χ0n) is 18.7. The average molecular weight is 433 g/mol. The van der Waals surface area contributed by atoms with Crippen LogP contribution in [0.5, 0.6) is 0 Å². The molecule has 0 aliphatic carbocycles. The summed E-state index contributed by atoms with van der Waals surface area (Å²) in [6.07, 6.45) is -1.01. The molecule has 3 N–H and O–H groups in total. The van der Waals surface area contributed by atoms with Gasteiger partial charge in [0.1, 0.15) is 6.54 Å². The van der Waals surface area contributed by atoms with Crippen molar-refractivity contribution in [3.8, 4) is 0 Å². The first-order valence-corrected chi connectivity index (χ1v) is 10.4. The Labute approximate surface area is 187 Å². The van der Waals surface area contributed by atoms with Crippen LogP contribution in [0.25, 0.3) is 10.9 Å². The van der Waals surface area contributed by atoms with Crippen molar-refractivity contribution in [2.75, 3.05) is 5.32 Å². The maximum Gasteiger partial charge on any atom is 0.326 e. The molecular weight excluding hydrogens is 404 g/mol. The largest absolute Gasteiger partial charge is 0.451 e. The number of anilines is 1. The van der Waals surface area contributed by atoms with Gasteiger partial charge in [-0.3, -0.25) is 9.59 Å². The molecule has 3 rings (SSSR count). The van der Waals surface area contributed by atoms with Gasteiger partial charge in [-0.2, -0.15) is 0 Å². The lowest BCUT2D eigenvalue weighted by atomic mass is 10.2. The number of rotatable bonds is 8. The molecule has 32 heavy (non-hydrogen) atoms. The lowest BCUT2D eigenvalue weighted by Gasteiger charge is -2.18. The van der Waals surface area contributed by atoms with E-state index in [1.807, 2.05) is 72.2 Å². The van der Waals surface area contributed by atoms with Crippen LogP contribution >= 0.6 is 0 Å². The number of fused-ring (bicyclic) bond motifs is 1. The fraction of sp³-hybridized carbons (Fsp3) is 0.240. The Hall–Kier alpha value is -3.87. The molecular formula is C25H28N4O3. The fourth-order valence-electron chi connectivity index (χ4n) is 3.47. The molecule has 3 aromatic rings. The van der Waals surface area contributed by atoms with Gasteiger partial charge in [-0.05, 0) is 57.3 Å². The van der Waals surface area contributed by atoms with Gasteiger partial charge in [0.2, 0.25) is 0 Å². The minimum atomic E-state index is -1.01. The van der Waals surface area contributed by atoms with Crippen LogP contribution in [0, 0.1) is 12.3 Å². The topological polar surface area (TPSA) is 96.2 Å². The van der Waals surface area contributed by atoms with Crippen molar-refractivity contribution >= 4 is 34.2 Å². The molecule has 0 spiro atoms. The Morgan fingerprint density at radius 1 is 1.06 bits per heavy atom. The van der Waals surface area contributed by atoms with Gasteiger partial charge in [0.05, 0.1) is 11.4 Å². The van der Waals surface area contributed by atoms with Crippen LogP contribution in [0.3, 0.4) is 0 Å². The van der Waals surface area contributed by atoms with Gasteiger partial charge in [0, 0.05) is 22.6 Å². The summed E-state index contributed by atoms with van der Waals surface area (Å²) in [5, 5.41) is 15.0. The maximum absolute atomic E-state index is 12.7. The molecule has 1 heterocycles. The number of hydrogen-bond acceptors (Lipinski definition) is 5. The second kappa shape index (κ2) is 9.96. The standard InChI is InChI=1S/C25H28N4O3/c1-16-14-20-10-8-9-13-22(20)29(16)15-23(30)32-19(4)25(31)28-24(17(2)26)18(3)27-21-11-6-5-7-12-21/h5-14,19,26-27H,15H2,1-4H3,(H,28,31)/b24-18+,26-17?/t19-/m0/s1. The molecule has 0 unspecified atom stereocenters. The van der Waals surface area contributed by atoms with Crippen molar-refractivity contribution in [1.82, 2.24) is 9.88 Å². The van der Waals surface area contributed by atoms with Crippen molar-refractivity contribution < 1.29 is 14.3 Å². The summed E-state index contributed by atoms with van der Waals surface area (Å²) >= 11 is 0. The number of carbonyl (C=O) groups is 2. The number of esters is 1. The Morgan fingerprint density at radius 2 is 1.72 bits per heavy atom. The molecule has 0 bridgehead atoms. The molecule has 0 saturated carbocycles. The molecule has 1 aromatic heterocycles. The van der Waals surface area contributed by atoms with Crippen LogP contribution in [-0.4, -0.2) is 28.3 Å². The quantitative estimate of drug-likeness (QED) is 0.364. The molecule has 7 heteroatoms. The number of benzene rings is 2. The highest BCUT2D eigenvalue weighted by Crippen LogP contribution is 2.19. The SMILES string of the molecule is CC(=N)/C(NC(=O)[C@H](C)OC(=O)Cn1c(C)cc2ccccc21)=C(/C)Nc1ccccc1. The molecule has 2 aromatic carbocycles. The van der Waals surface area contributed by atoms with E-state index >= 15 is 0 Å². The number of carbonyl (C=O) groups excluding carboxylic acids is 2. The van der Waals surface area contributed by atoms with E-state index in [0.717, 1.165) is 22.3 Å². The van der Waals surface area contributed by atoms with E-state index in [2.05, 4.69) is 10.6 Å². The predicted octanol–water partition coefficient (Wildman–Crippen LogP) is 4.38. The Bertz CT molecular complexity index is 1180. The number of aromatic nitrogens is 1. The minimum Gasteiger partial charge on any atom is -0.451 e. The number of hydrogen-bond donors (Lipinski definition) is 3. The average Bonchev–Trinajstić information content (AvgIpc) is 3.07. The van der Waals surface area contributed by atoms with Crippen molar-refractivity contribution in [2.24, 2.45) is 0 Å². The van der Waals surface area contributed by atoms with Gasteiger partial charge >= 0.3 is 5.97 Å². The normalized spacial score (nSPS) is 12.6. The number of nitrogens with zero attached hydrogens (tertiary/aromatic N) is 1. The summed E-state index contributed by atoms with van der Waals surface area (Å²) in [4.78, 5) is 25.2. The van der Waals surface area contributed by atoms with Gasteiger partial charge in [-0.1, -0.05) is 36.4 Å². The first-order valence-electron chi connectivity index (χ1n) is 10.4. The third kappa shape index (κ3) is 5.43. The van der Waals surface area contributed by atoms with Crippen LogP contribution in [0.15, 0.2) is 72.1 Å². The second-order valence-corrected chi connectivity index (χ2v) is 7.67. The van der Waals surface area contributed by atoms with Crippen LogP contribution in [0.4, 0.5) is 5.69 Å². The number of nitrogens with one attached hydrogen (secondary N) is 3. The predicted molar refractivity (Wildman–Crippen MR) is 127 cm³/mol.